The molecule has 0 spiro atoms. The van der Waals surface area contributed by atoms with Crippen molar-refractivity contribution in [3.63, 3.8) is 0 Å². The molecule has 10 heteroatoms. The van der Waals surface area contributed by atoms with Gasteiger partial charge in [-0.05, 0) is 24.6 Å². The fourth-order valence-corrected chi connectivity index (χ4v) is 5.50. The number of amides is 1. The van der Waals surface area contributed by atoms with E-state index in [9.17, 15) is 4.79 Å². The number of thioether (sulfide) groups is 2. The van der Waals surface area contributed by atoms with Crippen LogP contribution in [0.2, 0.25) is 10.0 Å². The van der Waals surface area contributed by atoms with Crippen molar-refractivity contribution < 1.29 is 4.79 Å². The van der Waals surface area contributed by atoms with E-state index < -0.39 is 0 Å². The lowest BCUT2D eigenvalue weighted by Gasteiger charge is -2.05. The normalized spacial score (nSPS) is 11.5. The van der Waals surface area contributed by atoms with Gasteiger partial charge < -0.3 is 0 Å². The molecule has 1 aromatic heterocycles. The first kappa shape index (κ1) is 22.1. The summed E-state index contributed by atoms with van der Waals surface area (Å²) >= 11 is 16.5. The molecule has 0 aliphatic rings. The van der Waals surface area contributed by atoms with Gasteiger partial charge in [0.15, 0.2) is 8.68 Å². The number of halogens is 2. The number of nitrogens with zero attached hydrogens (tertiary/aromatic N) is 3. The maximum absolute atomic E-state index is 12.1. The zero-order chi connectivity index (χ0) is 20.6. The standard InChI is InChI=1S/C19H16Cl2N4OS3/c1-12(15-8-7-14(20)9-16(15)21)22-23-17(26)11-28-19-25-24-18(29-19)27-10-13-5-3-2-4-6-13/h2-9H,10-11H2,1H3,(H,23,26)/b22-12-. The van der Waals surface area contributed by atoms with Crippen molar-refractivity contribution in [1.82, 2.24) is 15.6 Å². The Morgan fingerprint density at radius 1 is 1.10 bits per heavy atom. The van der Waals surface area contributed by atoms with Crippen molar-refractivity contribution in [1.29, 1.82) is 0 Å². The summed E-state index contributed by atoms with van der Waals surface area (Å²) in [6, 6.07) is 15.3. The molecule has 1 amide bonds. The maximum Gasteiger partial charge on any atom is 0.250 e. The number of hydrogen-bond donors (Lipinski definition) is 1. The van der Waals surface area contributed by atoms with E-state index in [1.165, 1.54) is 28.7 Å². The van der Waals surface area contributed by atoms with E-state index in [1.54, 1.807) is 36.9 Å². The smallest absolute Gasteiger partial charge is 0.250 e. The molecule has 0 atom stereocenters. The molecule has 3 aromatic rings. The maximum atomic E-state index is 12.1. The van der Waals surface area contributed by atoms with Crippen LogP contribution in [0.15, 0.2) is 62.3 Å². The molecule has 1 N–H and O–H groups in total. The van der Waals surface area contributed by atoms with Gasteiger partial charge in [0, 0.05) is 16.3 Å². The van der Waals surface area contributed by atoms with Crippen molar-refractivity contribution >= 4 is 69.7 Å². The van der Waals surface area contributed by atoms with Crippen molar-refractivity contribution in [3.05, 3.63) is 69.7 Å². The number of aromatic nitrogens is 2. The van der Waals surface area contributed by atoms with Gasteiger partial charge in [-0.25, -0.2) is 5.43 Å². The van der Waals surface area contributed by atoms with Crippen LogP contribution in [0.1, 0.15) is 18.1 Å². The number of rotatable bonds is 8. The Labute approximate surface area is 191 Å². The summed E-state index contributed by atoms with van der Waals surface area (Å²) in [5.41, 5.74) is 5.08. The lowest BCUT2D eigenvalue weighted by atomic mass is 10.1. The third kappa shape index (κ3) is 7.01. The Kier molecular flexibility index (Phi) is 8.38. The van der Waals surface area contributed by atoms with E-state index in [1.807, 2.05) is 18.2 Å². The van der Waals surface area contributed by atoms with Crippen molar-refractivity contribution in [3.8, 4) is 0 Å². The summed E-state index contributed by atoms with van der Waals surface area (Å²) in [6.45, 7) is 1.77. The molecular weight excluding hydrogens is 467 g/mol. The van der Waals surface area contributed by atoms with Crippen LogP contribution in [0.3, 0.4) is 0 Å². The minimum atomic E-state index is -0.229. The molecule has 0 unspecified atom stereocenters. The first-order valence-corrected chi connectivity index (χ1v) is 12.0. The van der Waals surface area contributed by atoms with Gasteiger partial charge in [-0.3, -0.25) is 4.79 Å². The van der Waals surface area contributed by atoms with E-state index in [0.717, 1.165) is 14.4 Å². The van der Waals surface area contributed by atoms with E-state index in [-0.39, 0.29) is 11.7 Å². The summed E-state index contributed by atoms with van der Waals surface area (Å²) in [6.07, 6.45) is 0. The first-order valence-electron chi connectivity index (χ1n) is 8.43. The van der Waals surface area contributed by atoms with Gasteiger partial charge in [0.05, 0.1) is 16.5 Å². The SMILES string of the molecule is C/C(=N/NC(=O)CSc1nnc(SCc2ccccc2)s1)c1ccc(Cl)cc1Cl. The summed E-state index contributed by atoms with van der Waals surface area (Å²) in [7, 11) is 0. The molecule has 0 fully saturated rings. The van der Waals surface area contributed by atoms with Crippen LogP contribution in [0.25, 0.3) is 0 Å². The summed E-state index contributed by atoms with van der Waals surface area (Å²) in [5, 5.41) is 13.4. The van der Waals surface area contributed by atoms with Gasteiger partial charge >= 0.3 is 0 Å². The summed E-state index contributed by atoms with van der Waals surface area (Å²) in [5.74, 6) is 0.804. The average molecular weight is 483 g/mol. The Bertz CT molecular complexity index is 1010. The van der Waals surface area contributed by atoms with Crippen LogP contribution >= 0.6 is 58.1 Å². The number of carbonyl (C=O) groups excluding carboxylic acids is 1. The van der Waals surface area contributed by atoms with Crippen LogP contribution in [-0.2, 0) is 10.5 Å². The zero-order valence-electron chi connectivity index (χ0n) is 15.3. The highest BCUT2D eigenvalue weighted by molar-refractivity contribution is 8.03. The Morgan fingerprint density at radius 3 is 2.55 bits per heavy atom. The number of carbonyl (C=O) groups is 1. The van der Waals surface area contributed by atoms with Gasteiger partial charge in [-0.2, -0.15) is 5.10 Å². The highest BCUT2D eigenvalue weighted by Crippen LogP contribution is 2.30. The van der Waals surface area contributed by atoms with E-state index in [4.69, 9.17) is 23.2 Å². The first-order chi connectivity index (χ1) is 14.0. The van der Waals surface area contributed by atoms with Crippen LogP contribution < -0.4 is 5.43 Å². The van der Waals surface area contributed by atoms with E-state index in [2.05, 4.69) is 32.9 Å². The van der Waals surface area contributed by atoms with Gasteiger partial charge in [-0.15, -0.1) is 10.2 Å². The van der Waals surface area contributed by atoms with Crippen molar-refractivity contribution in [2.24, 2.45) is 5.10 Å². The Morgan fingerprint density at radius 2 is 1.83 bits per heavy atom. The molecule has 0 radical (unpaired) electrons. The van der Waals surface area contributed by atoms with Gasteiger partial charge in [0.25, 0.3) is 5.91 Å². The number of benzene rings is 2. The van der Waals surface area contributed by atoms with Gasteiger partial charge in [-0.1, -0.05) is 94.5 Å². The number of hydrazone groups is 1. The average Bonchev–Trinajstić information content (AvgIpc) is 3.17. The number of hydrogen-bond acceptors (Lipinski definition) is 7. The van der Waals surface area contributed by atoms with Gasteiger partial charge in [0.1, 0.15) is 0 Å². The van der Waals surface area contributed by atoms with Crippen LogP contribution in [-0.4, -0.2) is 27.6 Å². The van der Waals surface area contributed by atoms with Crippen LogP contribution in [0, 0.1) is 0 Å². The minimum Gasteiger partial charge on any atom is -0.272 e. The molecule has 0 aliphatic heterocycles. The molecular formula is C19H16Cl2N4OS3. The molecule has 0 saturated heterocycles. The predicted octanol–water partition coefficient (Wildman–Crippen LogP) is 5.77. The van der Waals surface area contributed by atoms with Crippen molar-refractivity contribution in [2.75, 3.05) is 5.75 Å². The van der Waals surface area contributed by atoms with Gasteiger partial charge in [0.2, 0.25) is 0 Å². The quantitative estimate of drug-likeness (QED) is 0.250. The molecule has 2 aromatic carbocycles. The molecule has 29 heavy (non-hydrogen) atoms. The third-order valence-corrected chi connectivity index (χ3v) is 7.40. The lowest BCUT2D eigenvalue weighted by Crippen LogP contribution is -2.21. The zero-order valence-corrected chi connectivity index (χ0v) is 19.2. The fraction of sp³-hybridized carbons (Fsp3) is 0.158. The second kappa shape index (κ2) is 11.0. The second-order valence-corrected chi connectivity index (χ2v) is 10.0. The lowest BCUT2D eigenvalue weighted by molar-refractivity contribution is -0.118. The fourth-order valence-electron chi connectivity index (χ4n) is 2.18. The Hall–Kier alpha value is -1.58. The molecule has 5 nitrogen and oxygen atoms in total. The monoisotopic (exact) mass is 482 g/mol. The highest BCUT2D eigenvalue weighted by Gasteiger charge is 2.10. The van der Waals surface area contributed by atoms with Crippen molar-refractivity contribution in [2.45, 2.75) is 21.4 Å². The minimum absolute atomic E-state index is 0.198. The highest BCUT2D eigenvalue weighted by atomic mass is 35.5. The van der Waals surface area contributed by atoms with E-state index >= 15 is 0 Å². The third-order valence-electron chi connectivity index (χ3n) is 3.59. The largest absolute Gasteiger partial charge is 0.272 e. The predicted molar refractivity (Wildman–Crippen MR) is 123 cm³/mol. The summed E-state index contributed by atoms with van der Waals surface area (Å²) < 4.78 is 1.63. The molecule has 0 aliphatic carbocycles. The van der Waals surface area contributed by atoms with E-state index in [0.29, 0.717) is 21.3 Å². The Balaban J connectivity index is 1.46. The molecule has 150 valence electrons. The number of nitrogens with one attached hydrogen (secondary N) is 1. The molecule has 0 saturated carbocycles. The summed E-state index contributed by atoms with van der Waals surface area (Å²) in [4.78, 5) is 12.1. The topological polar surface area (TPSA) is 67.2 Å². The molecule has 3 rings (SSSR count). The van der Waals surface area contributed by atoms with Crippen LogP contribution in [0.5, 0.6) is 0 Å². The molecule has 1 heterocycles. The van der Waals surface area contributed by atoms with Crippen LogP contribution in [0.4, 0.5) is 0 Å². The second-order valence-electron chi connectivity index (χ2n) is 5.75. The molecule has 0 bridgehead atoms.